The topological polar surface area (TPSA) is 103 Å². The van der Waals surface area contributed by atoms with Crippen LogP contribution in [0.25, 0.3) is 0 Å². The summed E-state index contributed by atoms with van der Waals surface area (Å²) in [5, 5.41) is 7.93. The fourth-order valence-electron chi connectivity index (χ4n) is 1.97. The summed E-state index contributed by atoms with van der Waals surface area (Å²) in [6, 6.07) is 1.42. The van der Waals surface area contributed by atoms with Crippen LogP contribution < -0.4 is 4.72 Å². The molecular weight excluding hydrogens is 294 g/mol. The van der Waals surface area contributed by atoms with Gasteiger partial charge in [0.05, 0.1) is 12.7 Å². The van der Waals surface area contributed by atoms with Crippen LogP contribution in [0.4, 0.5) is 0 Å². The third-order valence-corrected chi connectivity index (χ3v) is 4.63. The molecule has 9 heteroatoms. The molecule has 21 heavy (non-hydrogen) atoms. The second kappa shape index (κ2) is 5.23. The van der Waals surface area contributed by atoms with Crippen molar-refractivity contribution in [1.82, 2.24) is 24.6 Å². The van der Waals surface area contributed by atoms with Crippen LogP contribution in [-0.2, 0) is 16.6 Å². The van der Waals surface area contributed by atoms with E-state index in [0.717, 1.165) is 12.8 Å². The first kappa shape index (κ1) is 14.2. The van der Waals surface area contributed by atoms with Crippen molar-refractivity contribution in [3.8, 4) is 0 Å². The summed E-state index contributed by atoms with van der Waals surface area (Å²) in [6.45, 7) is 3.74. The third kappa shape index (κ3) is 2.98. The highest BCUT2D eigenvalue weighted by Crippen LogP contribution is 2.38. The van der Waals surface area contributed by atoms with E-state index in [0.29, 0.717) is 17.6 Å². The average Bonchev–Trinajstić information content (AvgIpc) is 2.98. The maximum atomic E-state index is 12.3. The molecule has 0 aromatic carbocycles. The van der Waals surface area contributed by atoms with Crippen molar-refractivity contribution in [1.29, 1.82) is 0 Å². The number of aromatic nitrogens is 4. The molecule has 1 aliphatic carbocycles. The lowest BCUT2D eigenvalue weighted by molar-refractivity contribution is 0.373. The van der Waals surface area contributed by atoms with Crippen molar-refractivity contribution < 1.29 is 12.9 Å². The van der Waals surface area contributed by atoms with E-state index < -0.39 is 10.0 Å². The van der Waals surface area contributed by atoms with E-state index in [1.54, 1.807) is 0 Å². The Morgan fingerprint density at radius 1 is 1.48 bits per heavy atom. The Hall–Kier alpha value is -1.74. The molecule has 2 aromatic rings. The maximum Gasteiger partial charge on any atom is 0.258 e. The molecule has 0 aliphatic heterocycles. The van der Waals surface area contributed by atoms with Crippen LogP contribution in [0.1, 0.15) is 50.4 Å². The predicted molar refractivity (Wildman–Crippen MR) is 72.9 cm³/mol. The summed E-state index contributed by atoms with van der Waals surface area (Å²) in [6.07, 6.45) is 3.58. The van der Waals surface area contributed by atoms with Crippen molar-refractivity contribution in [2.45, 2.75) is 50.2 Å². The molecule has 2 aromatic heterocycles. The minimum Gasteiger partial charge on any atom is -0.339 e. The van der Waals surface area contributed by atoms with Crippen LogP contribution in [0.3, 0.4) is 0 Å². The molecule has 0 radical (unpaired) electrons. The molecule has 0 atom stereocenters. The van der Waals surface area contributed by atoms with Gasteiger partial charge in [-0.2, -0.15) is 10.1 Å². The standard InChI is InChI=1S/C12H17N5O3S/c1-8(2)17-11(5-6-13-17)21(18,19)14-7-10-15-12(20-16-10)9-3-4-9/h5-6,8-9,14H,3-4,7H2,1-2H3. The van der Waals surface area contributed by atoms with Gasteiger partial charge < -0.3 is 4.52 Å². The average molecular weight is 311 g/mol. The van der Waals surface area contributed by atoms with Crippen LogP contribution in [-0.4, -0.2) is 28.3 Å². The lowest BCUT2D eigenvalue weighted by Gasteiger charge is -2.11. The monoisotopic (exact) mass is 311 g/mol. The Labute approximate surface area is 122 Å². The number of hydrogen-bond acceptors (Lipinski definition) is 6. The summed E-state index contributed by atoms with van der Waals surface area (Å²) in [5.41, 5.74) is 0. The van der Waals surface area contributed by atoms with Crippen molar-refractivity contribution in [2.24, 2.45) is 0 Å². The number of nitrogens with one attached hydrogen (secondary N) is 1. The molecule has 114 valence electrons. The van der Waals surface area contributed by atoms with Gasteiger partial charge in [-0.15, -0.1) is 0 Å². The molecule has 0 unspecified atom stereocenters. The first-order chi connectivity index (χ1) is 9.97. The van der Waals surface area contributed by atoms with Crippen molar-refractivity contribution >= 4 is 10.0 Å². The molecule has 0 bridgehead atoms. The molecule has 1 aliphatic rings. The summed E-state index contributed by atoms with van der Waals surface area (Å²) in [5.74, 6) is 1.29. The van der Waals surface area contributed by atoms with E-state index in [2.05, 4.69) is 20.0 Å². The first-order valence-electron chi connectivity index (χ1n) is 6.83. The molecule has 0 spiro atoms. The zero-order valence-electron chi connectivity index (χ0n) is 11.9. The fourth-order valence-corrected chi connectivity index (χ4v) is 3.18. The minimum absolute atomic E-state index is 0.00181. The van der Waals surface area contributed by atoms with Gasteiger partial charge in [0.1, 0.15) is 0 Å². The molecule has 1 fully saturated rings. The lowest BCUT2D eigenvalue weighted by Crippen LogP contribution is -2.27. The molecular formula is C12H17N5O3S. The quantitative estimate of drug-likeness (QED) is 0.860. The van der Waals surface area contributed by atoms with E-state index >= 15 is 0 Å². The van der Waals surface area contributed by atoms with Crippen LogP contribution in [0.2, 0.25) is 0 Å². The van der Waals surface area contributed by atoms with Crippen molar-refractivity contribution in [2.75, 3.05) is 0 Å². The van der Waals surface area contributed by atoms with E-state index in [1.807, 2.05) is 13.8 Å². The predicted octanol–water partition coefficient (Wildman–Crippen LogP) is 1.20. The molecule has 3 rings (SSSR count). The Morgan fingerprint density at radius 2 is 2.24 bits per heavy atom. The summed E-state index contributed by atoms with van der Waals surface area (Å²) < 4.78 is 33.6. The summed E-state index contributed by atoms with van der Waals surface area (Å²) in [4.78, 5) is 4.19. The Kier molecular flexibility index (Phi) is 3.54. The number of hydrogen-bond donors (Lipinski definition) is 1. The van der Waals surface area contributed by atoms with Gasteiger partial charge in [0.2, 0.25) is 5.89 Å². The maximum absolute atomic E-state index is 12.3. The Bertz CT molecular complexity index is 730. The fraction of sp³-hybridized carbons (Fsp3) is 0.583. The minimum atomic E-state index is -3.66. The normalized spacial score (nSPS) is 15.8. The van der Waals surface area contributed by atoms with Crippen molar-refractivity contribution in [3.05, 3.63) is 24.0 Å². The Balaban J connectivity index is 1.71. The van der Waals surface area contributed by atoms with Crippen LogP contribution in [0.5, 0.6) is 0 Å². The second-order valence-corrected chi connectivity index (χ2v) is 7.07. The number of nitrogens with zero attached hydrogens (tertiary/aromatic N) is 4. The van der Waals surface area contributed by atoms with E-state index in [-0.39, 0.29) is 17.6 Å². The van der Waals surface area contributed by atoms with E-state index in [4.69, 9.17) is 4.52 Å². The highest BCUT2D eigenvalue weighted by Gasteiger charge is 2.30. The highest BCUT2D eigenvalue weighted by molar-refractivity contribution is 7.89. The number of rotatable bonds is 6. The summed E-state index contributed by atoms with van der Waals surface area (Å²) in [7, 11) is -3.66. The zero-order chi connectivity index (χ0) is 15.0. The second-order valence-electron chi connectivity index (χ2n) is 5.36. The Morgan fingerprint density at radius 3 is 2.90 bits per heavy atom. The largest absolute Gasteiger partial charge is 0.339 e. The molecule has 2 heterocycles. The summed E-state index contributed by atoms with van der Waals surface area (Å²) >= 11 is 0. The third-order valence-electron chi connectivity index (χ3n) is 3.23. The van der Waals surface area contributed by atoms with E-state index in [1.165, 1.54) is 16.9 Å². The van der Waals surface area contributed by atoms with Crippen LogP contribution in [0, 0.1) is 0 Å². The highest BCUT2D eigenvalue weighted by atomic mass is 32.2. The van der Waals surface area contributed by atoms with Gasteiger partial charge in [0.25, 0.3) is 10.0 Å². The van der Waals surface area contributed by atoms with Gasteiger partial charge in [0.15, 0.2) is 10.9 Å². The molecule has 1 N–H and O–H groups in total. The van der Waals surface area contributed by atoms with Crippen LogP contribution in [0.15, 0.2) is 21.8 Å². The molecule has 8 nitrogen and oxygen atoms in total. The lowest BCUT2D eigenvalue weighted by atomic mass is 10.4. The van der Waals surface area contributed by atoms with Gasteiger partial charge in [-0.25, -0.2) is 13.1 Å². The molecule has 0 amide bonds. The van der Waals surface area contributed by atoms with Crippen LogP contribution >= 0.6 is 0 Å². The van der Waals surface area contributed by atoms with Gasteiger partial charge >= 0.3 is 0 Å². The number of sulfonamides is 1. The van der Waals surface area contributed by atoms with E-state index in [9.17, 15) is 8.42 Å². The zero-order valence-corrected chi connectivity index (χ0v) is 12.7. The van der Waals surface area contributed by atoms with Gasteiger partial charge in [-0.05, 0) is 32.8 Å². The SMILES string of the molecule is CC(C)n1nccc1S(=O)(=O)NCc1noc(C2CC2)n1. The van der Waals surface area contributed by atoms with Gasteiger partial charge in [0, 0.05) is 12.0 Å². The van der Waals surface area contributed by atoms with Gasteiger partial charge in [-0.1, -0.05) is 5.16 Å². The molecule has 0 saturated heterocycles. The van der Waals surface area contributed by atoms with Gasteiger partial charge in [-0.3, -0.25) is 4.68 Å². The molecule has 1 saturated carbocycles. The first-order valence-corrected chi connectivity index (χ1v) is 8.31. The smallest absolute Gasteiger partial charge is 0.258 e. The van der Waals surface area contributed by atoms with Crippen molar-refractivity contribution in [3.63, 3.8) is 0 Å².